The molecule has 0 unspecified atom stereocenters. The summed E-state index contributed by atoms with van der Waals surface area (Å²) < 4.78 is 42.0. The molecule has 0 radical (unpaired) electrons. The minimum absolute atomic E-state index is 0.152. The Morgan fingerprint density at radius 1 is 1.23 bits per heavy atom. The second-order valence-electron chi connectivity index (χ2n) is 8.69. The molecule has 1 aromatic carbocycles. The number of aromatic nitrogens is 2. The molecule has 1 aliphatic carbocycles. The van der Waals surface area contributed by atoms with Crippen LogP contribution in [0, 0.1) is 23.2 Å². The molecule has 2 fully saturated rings. The van der Waals surface area contributed by atoms with E-state index in [1.165, 1.54) is 12.1 Å². The van der Waals surface area contributed by atoms with Gasteiger partial charge in [-0.15, -0.1) is 13.2 Å². The van der Waals surface area contributed by atoms with E-state index >= 15 is 0 Å². The molecule has 4 N–H and O–H groups in total. The van der Waals surface area contributed by atoms with Gasteiger partial charge in [-0.1, -0.05) is 18.9 Å². The Bertz CT molecular complexity index is 1170. The first-order chi connectivity index (χ1) is 16.6. The Labute approximate surface area is 197 Å². The number of nitrogens with zero attached hydrogens (tertiary/aromatic N) is 2. The molecular formula is C22H23F3N6O4. The lowest BCUT2D eigenvalue weighted by atomic mass is 9.98. The molecule has 1 aromatic heterocycles. The van der Waals surface area contributed by atoms with Crippen LogP contribution < -0.4 is 20.7 Å². The SMILES string of the molecule is N#C[C@H](C[C@@H]1CCNC1=O)NC(=O)[C@H](CC1CC1)NC(=O)c1nc2c(OC(F)(F)F)cccc2[nH]1. The fraction of sp³-hybridized carbons (Fsp3) is 0.500. The van der Waals surface area contributed by atoms with Crippen molar-refractivity contribution in [1.82, 2.24) is 25.9 Å². The zero-order valence-corrected chi connectivity index (χ0v) is 18.4. The summed E-state index contributed by atoms with van der Waals surface area (Å²) in [7, 11) is 0. The molecular weight excluding hydrogens is 469 g/mol. The minimum atomic E-state index is -4.93. The minimum Gasteiger partial charge on any atom is -0.403 e. The Morgan fingerprint density at radius 3 is 2.63 bits per heavy atom. The van der Waals surface area contributed by atoms with E-state index in [-0.39, 0.29) is 41.0 Å². The number of hydrogen-bond acceptors (Lipinski definition) is 6. The third-order valence-corrected chi connectivity index (χ3v) is 5.96. The second-order valence-corrected chi connectivity index (χ2v) is 8.69. The molecule has 0 bridgehead atoms. The van der Waals surface area contributed by atoms with E-state index in [1.54, 1.807) is 0 Å². The largest absolute Gasteiger partial charge is 0.573 e. The molecule has 10 nitrogen and oxygen atoms in total. The van der Waals surface area contributed by atoms with E-state index in [9.17, 15) is 32.8 Å². The summed E-state index contributed by atoms with van der Waals surface area (Å²) in [5, 5.41) is 17.3. The van der Waals surface area contributed by atoms with Gasteiger partial charge >= 0.3 is 6.36 Å². The van der Waals surface area contributed by atoms with Crippen molar-refractivity contribution in [2.45, 2.75) is 50.6 Å². The standard InChI is InChI=1S/C22H23F3N6O4/c23-22(24,25)35-16-3-1-2-14-17(16)31-18(29-14)21(34)30-15(8-11-4-5-11)20(33)28-13(10-26)9-12-6-7-27-19(12)32/h1-3,11-13,15H,4-9H2,(H,27,32)(H,28,33)(H,29,31)(H,30,34)/t12-,13-,15-/m0/s1. The van der Waals surface area contributed by atoms with Gasteiger partial charge in [0.25, 0.3) is 5.91 Å². The smallest absolute Gasteiger partial charge is 0.403 e. The summed E-state index contributed by atoms with van der Waals surface area (Å²) in [6, 6.07) is 3.92. The number of nitriles is 1. The van der Waals surface area contributed by atoms with Crippen LogP contribution in [0.4, 0.5) is 13.2 Å². The van der Waals surface area contributed by atoms with Gasteiger partial charge in [-0.3, -0.25) is 14.4 Å². The van der Waals surface area contributed by atoms with Gasteiger partial charge in [0.2, 0.25) is 11.8 Å². The first-order valence-corrected chi connectivity index (χ1v) is 11.2. The first kappa shape index (κ1) is 24.3. The highest BCUT2D eigenvalue weighted by molar-refractivity contribution is 5.98. The molecule has 13 heteroatoms. The average Bonchev–Trinajstić information content (AvgIpc) is 3.34. The zero-order valence-electron chi connectivity index (χ0n) is 18.4. The maximum Gasteiger partial charge on any atom is 0.573 e. The van der Waals surface area contributed by atoms with Crippen molar-refractivity contribution in [3.63, 3.8) is 0 Å². The highest BCUT2D eigenvalue weighted by Gasteiger charge is 2.35. The highest BCUT2D eigenvalue weighted by atomic mass is 19.4. The van der Waals surface area contributed by atoms with Gasteiger partial charge in [0, 0.05) is 12.5 Å². The molecule has 1 saturated carbocycles. The summed E-state index contributed by atoms with van der Waals surface area (Å²) >= 11 is 0. The molecule has 1 saturated heterocycles. The van der Waals surface area contributed by atoms with E-state index in [1.807, 2.05) is 6.07 Å². The number of ether oxygens (including phenoxy) is 1. The van der Waals surface area contributed by atoms with Crippen LogP contribution in [-0.4, -0.2) is 52.7 Å². The van der Waals surface area contributed by atoms with Gasteiger partial charge in [0.05, 0.1) is 11.6 Å². The number of nitrogens with one attached hydrogen (secondary N) is 4. The van der Waals surface area contributed by atoms with Crippen LogP contribution in [0.5, 0.6) is 5.75 Å². The Kier molecular flexibility index (Phi) is 6.81. The van der Waals surface area contributed by atoms with Crippen LogP contribution in [0.15, 0.2) is 18.2 Å². The van der Waals surface area contributed by atoms with Crippen molar-refractivity contribution in [1.29, 1.82) is 5.26 Å². The number of carbonyl (C=O) groups excluding carboxylic acids is 3. The van der Waals surface area contributed by atoms with Gasteiger partial charge in [-0.05, 0) is 37.3 Å². The number of aromatic amines is 1. The van der Waals surface area contributed by atoms with E-state index in [0.29, 0.717) is 19.4 Å². The first-order valence-electron chi connectivity index (χ1n) is 11.2. The predicted octanol–water partition coefficient (Wildman–Crippen LogP) is 1.89. The fourth-order valence-electron chi connectivity index (χ4n) is 4.04. The predicted molar refractivity (Wildman–Crippen MR) is 115 cm³/mol. The van der Waals surface area contributed by atoms with Crippen LogP contribution in [0.1, 0.15) is 42.7 Å². The average molecular weight is 492 g/mol. The maximum atomic E-state index is 12.9. The third kappa shape index (κ3) is 6.20. The van der Waals surface area contributed by atoms with Crippen molar-refractivity contribution in [3.8, 4) is 11.8 Å². The summed E-state index contributed by atoms with van der Waals surface area (Å²) in [6.45, 7) is 0.517. The van der Waals surface area contributed by atoms with Crippen LogP contribution in [-0.2, 0) is 9.59 Å². The summed E-state index contributed by atoms with van der Waals surface area (Å²) in [5.74, 6) is -2.52. The molecule has 186 valence electrons. The lowest BCUT2D eigenvalue weighted by Crippen LogP contribution is -2.50. The molecule has 2 aromatic rings. The molecule has 3 atom stereocenters. The van der Waals surface area contributed by atoms with Crippen molar-refractivity contribution in [2.75, 3.05) is 6.54 Å². The summed E-state index contributed by atoms with van der Waals surface area (Å²) in [6.07, 6.45) is -2.08. The fourth-order valence-corrected chi connectivity index (χ4v) is 4.04. The lowest BCUT2D eigenvalue weighted by Gasteiger charge is -2.21. The van der Waals surface area contributed by atoms with E-state index in [0.717, 1.165) is 18.9 Å². The normalized spacial score (nSPS) is 19.5. The number of alkyl halides is 3. The number of benzene rings is 1. The number of hydrogen-bond donors (Lipinski definition) is 4. The Hall–Kier alpha value is -3.82. The number of imidazole rings is 1. The van der Waals surface area contributed by atoms with Crippen molar-refractivity contribution < 1.29 is 32.3 Å². The summed E-state index contributed by atoms with van der Waals surface area (Å²) in [5.41, 5.74) is -0.0305. The van der Waals surface area contributed by atoms with Crippen LogP contribution in [0.25, 0.3) is 11.0 Å². The van der Waals surface area contributed by atoms with Gasteiger partial charge in [0.15, 0.2) is 11.6 Å². The maximum absolute atomic E-state index is 12.9. The molecule has 3 amide bonds. The van der Waals surface area contributed by atoms with Crippen LogP contribution >= 0.6 is 0 Å². The number of amides is 3. The van der Waals surface area contributed by atoms with E-state index < -0.39 is 36.0 Å². The lowest BCUT2D eigenvalue weighted by molar-refractivity contribution is -0.274. The number of para-hydroxylation sites is 1. The van der Waals surface area contributed by atoms with Crippen molar-refractivity contribution >= 4 is 28.8 Å². The van der Waals surface area contributed by atoms with Gasteiger partial charge in [-0.2, -0.15) is 5.26 Å². The number of halogens is 3. The van der Waals surface area contributed by atoms with E-state index in [2.05, 4.69) is 30.7 Å². The Balaban J connectivity index is 1.46. The monoisotopic (exact) mass is 492 g/mol. The summed E-state index contributed by atoms with van der Waals surface area (Å²) in [4.78, 5) is 44.1. The van der Waals surface area contributed by atoms with Gasteiger partial charge < -0.3 is 25.7 Å². The number of carbonyl (C=O) groups is 3. The molecule has 0 spiro atoms. The Morgan fingerprint density at radius 2 is 2.00 bits per heavy atom. The number of rotatable bonds is 9. The van der Waals surface area contributed by atoms with Gasteiger partial charge in [-0.25, -0.2) is 4.98 Å². The molecule has 2 aliphatic rings. The van der Waals surface area contributed by atoms with Crippen LogP contribution in [0.2, 0.25) is 0 Å². The second kappa shape index (κ2) is 9.81. The highest BCUT2D eigenvalue weighted by Crippen LogP contribution is 2.34. The molecule has 2 heterocycles. The molecule has 1 aliphatic heterocycles. The third-order valence-electron chi connectivity index (χ3n) is 5.96. The van der Waals surface area contributed by atoms with Crippen LogP contribution in [0.3, 0.4) is 0 Å². The van der Waals surface area contributed by atoms with Gasteiger partial charge in [0.1, 0.15) is 17.6 Å². The quantitative estimate of drug-likeness (QED) is 0.420. The number of fused-ring (bicyclic) bond motifs is 1. The zero-order chi connectivity index (χ0) is 25.2. The molecule has 4 rings (SSSR count). The van der Waals surface area contributed by atoms with E-state index in [4.69, 9.17) is 0 Å². The topological polar surface area (TPSA) is 149 Å². The van der Waals surface area contributed by atoms with Crippen molar-refractivity contribution in [2.24, 2.45) is 11.8 Å². The van der Waals surface area contributed by atoms with Crippen molar-refractivity contribution in [3.05, 3.63) is 24.0 Å². The number of H-pyrrole nitrogens is 1. The molecule has 35 heavy (non-hydrogen) atoms.